The number of hydrogen-bond acceptors (Lipinski definition) is 3. The number of carboxylic acid groups (broad SMARTS) is 1. The van der Waals surface area contributed by atoms with E-state index in [1.54, 1.807) is 24.1 Å². The molecule has 2 N–H and O–H groups in total. The van der Waals surface area contributed by atoms with Crippen LogP contribution in [0.2, 0.25) is 0 Å². The minimum Gasteiger partial charge on any atom is -0.495 e. The Hall–Kier alpha value is -2.24. The van der Waals surface area contributed by atoms with Crippen LogP contribution in [-0.4, -0.2) is 41.7 Å². The van der Waals surface area contributed by atoms with Gasteiger partial charge in [-0.05, 0) is 31.4 Å². The van der Waals surface area contributed by atoms with Crippen molar-refractivity contribution in [1.82, 2.24) is 4.90 Å². The highest BCUT2D eigenvalue weighted by Gasteiger charge is 2.28. The standard InChI is InChI=1S/C15H20N2O4/c1-21-13-8-3-2-7-12(13)16-15(20)17-9-5-4-6-11(17)10-14(18)19/h2-3,7-8,11H,4-6,9-10H2,1H3,(H,16,20)(H,18,19). The molecular weight excluding hydrogens is 272 g/mol. The Morgan fingerprint density at radius 2 is 2.14 bits per heavy atom. The number of carbonyl (C=O) groups excluding carboxylic acids is 1. The van der Waals surface area contributed by atoms with E-state index in [4.69, 9.17) is 9.84 Å². The average molecular weight is 292 g/mol. The van der Waals surface area contributed by atoms with Crippen molar-refractivity contribution in [1.29, 1.82) is 0 Å². The molecule has 1 aliphatic rings. The molecule has 6 nitrogen and oxygen atoms in total. The largest absolute Gasteiger partial charge is 0.495 e. The summed E-state index contributed by atoms with van der Waals surface area (Å²) in [5.74, 6) is -0.297. The first-order chi connectivity index (χ1) is 10.1. The van der Waals surface area contributed by atoms with Crippen LogP contribution < -0.4 is 10.1 Å². The quantitative estimate of drug-likeness (QED) is 0.894. The van der Waals surface area contributed by atoms with Gasteiger partial charge in [-0.15, -0.1) is 0 Å². The van der Waals surface area contributed by atoms with Crippen molar-refractivity contribution in [3.63, 3.8) is 0 Å². The number of benzene rings is 1. The summed E-state index contributed by atoms with van der Waals surface area (Å²) in [5.41, 5.74) is 0.588. The van der Waals surface area contributed by atoms with E-state index in [1.807, 2.05) is 12.1 Å². The first-order valence-corrected chi connectivity index (χ1v) is 7.04. The van der Waals surface area contributed by atoms with E-state index in [0.29, 0.717) is 18.0 Å². The third kappa shape index (κ3) is 3.87. The fraction of sp³-hybridized carbons (Fsp3) is 0.467. The number of likely N-dealkylation sites (tertiary alicyclic amines) is 1. The predicted molar refractivity (Wildman–Crippen MR) is 78.6 cm³/mol. The Bertz CT molecular complexity index is 518. The van der Waals surface area contributed by atoms with Gasteiger partial charge in [0.1, 0.15) is 5.75 Å². The zero-order chi connectivity index (χ0) is 15.2. The fourth-order valence-corrected chi connectivity index (χ4v) is 2.62. The maximum atomic E-state index is 12.4. The van der Waals surface area contributed by atoms with E-state index in [1.165, 1.54) is 0 Å². The first-order valence-electron chi connectivity index (χ1n) is 7.04. The molecule has 6 heteroatoms. The van der Waals surface area contributed by atoms with Crippen LogP contribution in [0.15, 0.2) is 24.3 Å². The highest BCUT2D eigenvalue weighted by Crippen LogP contribution is 2.25. The summed E-state index contributed by atoms with van der Waals surface area (Å²) in [7, 11) is 1.54. The van der Waals surface area contributed by atoms with E-state index in [2.05, 4.69) is 5.32 Å². The lowest BCUT2D eigenvalue weighted by Crippen LogP contribution is -2.46. The number of carbonyl (C=O) groups is 2. The maximum Gasteiger partial charge on any atom is 0.322 e. The average Bonchev–Trinajstić information content (AvgIpc) is 2.47. The molecule has 0 saturated carbocycles. The predicted octanol–water partition coefficient (Wildman–Crippen LogP) is 2.56. The topological polar surface area (TPSA) is 78.9 Å². The Labute approximate surface area is 123 Å². The molecule has 0 aliphatic carbocycles. The minimum absolute atomic E-state index is 0.0145. The Morgan fingerprint density at radius 3 is 2.86 bits per heavy atom. The normalized spacial score (nSPS) is 18.1. The van der Waals surface area contributed by atoms with Gasteiger partial charge in [0.05, 0.1) is 19.2 Å². The van der Waals surface area contributed by atoms with Crippen LogP contribution in [0.1, 0.15) is 25.7 Å². The Kier molecular flexibility index (Phi) is 5.03. The van der Waals surface area contributed by atoms with Gasteiger partial charge in [0.2, 0.25) is 0 Å². The number of nitrogens with one attached hydrogen (secondary N) is 1. The maximum absolute atomic E-state index is 12.4. The SMILES string of the molecule is COc1ccccc1NC(=O)N1CCCCC1CC(=O)O. The van der Waals surface area contributed by atoms with Gasteiger partial charge in [0, 0.05) is 12.6 Å². The molecule has 21 heavy (non-hydrogen) atoms. The molecule has 1 saturated heterocycles. The first kappa shape index (κ1) is 15.2. The fourth-order valence-electron chi connectivity index (χ4n) is 2.62. The molecule has 0 spiro atoms. The molecule has 1 aromatic carbocycles. The number of rotatable bonds is 4. The van der Waals surface area contributed by atoms with Gasteiger partial charge in [0.25, 0.3) is 0 Å². The van der Waals surface area contributed by atoms with E-state index in [0.717, 1.165) is 19.3 Å². The molecule has 1 aromatic rings. The van der Waals surface area contributed by atoms with Crippen molar-refractivity contribution in [3.8, 4) is 5.75 Å². The van der Waals surface area contributed by atoms with Gasteiger partial charge < -0.3 is 20.1 Å². The van der Waals surface area contributed by atoms with E-state index in [9.17, 15) is 9.59 Å². The van der Waals surface area contributed by atoms with Crippen LogP contribution in [0.4, 0.5) is 10.5 Å². The summed E-state index contributed by atoms with van der Waals surface area (Å²) in [6.45, 7) is 0.582. The van der Waals surface area contributed by atoms with Crippen LogP contribution in [0, 0.1) is 0 Å². The van der Waals surface area contributed by atoms with Crippen LogP contribution >= 0.6 is 0 Å². The number of para-hydroxylation sites is 2. The monoisotopic (exact) mass is 292 g/mol. The number of urea groups is 1. The summed E-state index contributed by atoms with van der Waals surface area (Å²) in [6.07, 6.45) is 2.57. The third-order valence-corrected chi connectivity index (χ3v) is 3.65. The van der Waals surface area contributed by atoms with Crippen LogP contribution in [0.25, 0.3) is 0 Å². The zero-order valence-electron chi connectivity index (χ0n) is 12.0. The zero-order valence-corrected chi connectivity index (χ0v) is 12.0. The summed E-state index contributed by atoms with van der Waals surface area (Å²) < 4.78 is 5.20. The molecule has 2 rings (SSSR count). The smallest absolute Gasteiger partial charge is 0.322 e. The van der Waals surface area contributed by atoms with Crippen LogP contribution in [0.3, 0.4) is 0 Å². The lowest BCUT2D eigenvalue weighted by molar-refractivity contribution is -0.138. The molecule has 0 aromatic heterocycles. The molecule has 2 amide bonds. The second-order valence-electron chi connectivity index (χ2n) is 5.07. The highest BCUT2D eigenvalue weighted by atomic mass is 16.5. The number of nitrogens with zero attached hydrogens (tertiary/aromatic N) is 1. The number of hydrogen-bond donors (Lipinski definition) is 2. The molecule has 1 fully saturated rings. The lowest BCUT2D eigenvalue weighted by Gasteiger charge is -2.35. The molecule has 1 aliphatic heterocycles. The van der Waals surface area contributed by atoms with Gasteiger partial charge in [-0.25, -0.2) is 4.79 Å². The van der Waals surface area contributed by atoms with Crippen molar-refractivity contribution >= 4 is 17.7 Å². The van der Waals surface area contributed by atoms with Gasteiger partial charge in [-0.3, -0.25) is 4.79 Å². The summed E-state index contributed by atoms with van der Waals surface area (Å²) in [5, 5.41) is 11.8. The molecule has 114 valence electrons. The van der Waals surface area contributed by atoms with Gasteiger partial charge >= 0.3 is 12.0 Å². The molecule has 0 radical (unpaired) electrons. The minimum atomic E-state index is -0.878. The van der Waals surface area contributed by atoms with Gasteiger partial charge in [-0.2, -0.15) is 0 Å². The van der Waals surface area contributed by atoms with Crippen molar-refractivity contribution < 1.29 is 19.4 Å². The summed E-state index contributed by atoms with van der Waals surface area (Å²) >= 11 is 0. The number of anilines is 1. The van der Waals surface area contributed by atoms with Gasteiger partial charge in [-0.1, -0.05) is 12.1 Å². The second-order valence-corrected chi connectivity index (χ2v) is 5.07. The van der Waals surface area contributed by atoms with E-state index < -0.39 is 5.97 Å². The lowest BCUT2D eigenvalue weighted by atomic mass is 10.00. The number of amides is 2. The van der Waals surface area contributed by atoms with Crippen molar-refractivity contribution in [2.75, 3.05) is 19.0 Å². The summed E-state index contributed by atoms with van der Waals surface area (Å²) in [6, 6.07) is 6.63. The molecule has 1 heterocycles. The second kappa shape index (κ2) is 6.97. The Balaban J connectivity index is 2.08. The third-order valence-electron chi connectivity index (χ3n) is 3.65. The van der Waals surface area contributed by atoms with Crippen molar-refractivity contribution in [2.24, 2.45) is 0 Å². The van der Waals surface area contributed by atoms with Crippen LogP contribution in [-0.2, 0) is 4.79 Å². The molecule has 0 bridgehead atoms. The van der Waals surface area contributed by atoms with Gasteiger partial charge in [0.15, 0.2) is 0 Å². The molecule has 1 unspecified atom stereocenters. The van der Waals surface area contributed by atoms with Crippen molar-refractivity contribution in [2.45, 2.75) is 31.7 Å². The molecule has 1 atom stereocenters. The van der Waals surface area contributed by atoms with E-state index >= 15 is 0 Å². The Morgan fingerprint density at radius 1 is 1.38 bits per heavy atom. The number of carboxylic acids is 1. The number of ether oxygens (including phenoxy) is 1. The number of piperidine rings is 1. The van der Waals surface area contributed by atoms with Crippen molar-refractivity contribution in [3.05, 3.63) is 24.3 Å². The summed E-state index contributed by atoms with van der Waals surface area (Å²) in [4.78, 5) is 24.9. The number of methoxy groups -OCH3 is 1. The van der Waals surface area contributed by atoms with E-state index in [-0.39, 0.29) is 18.5 Å². The highest BCUT2D eigenvalue weighted by molar-refractivity contribution is 5.91. The van der Waals surface area contributed by atoms with Crippen LogP contribution in [0.5, 0.6) is 5.75 Å². The number of aliphatic carboxylic acids is 1. The molecular formula is C15H20N2O4.